The molecule has 0 saturated heterocycles. The van der Waals surface area contributed by atoms with Crippen LogP contribution in [-0.4, -0.2) is 25.8 Å². The summed E-state index contributed by atoms with van der Waals surface area (Å²) >= 11 is 3.15. The van der Waals surface area contributed by atoms with Crippen LogP contribution < -0.4 is 5.32 Å². The van der Waals surface area contributed by atoms with Crippen molar-refractivity contribution >= 4 is 27.7 Å². The number of anilines is 1. The fourth-order valence-corrected chi connectivity index (χ4v) is 1.19. The van der Waals surface area contributed by atoms with Gasteiger partial charge >= 0.3 is 0 Å². The number of halogens is 1. The van der Waals surface area contributed by atoms with E-state index in [9.17, 15) is 4.79 Å². The minimum atomic E-state index is -0.322. The topological polar surface area (TPSA) is 80.7 Å². The molecule has 0 fully saturated rings. The molecule has 0 atom stereocenters. The Morgan fingerprint density at radius 2 is 1.88 bits per heavy atom. The van der Waals surface area contributed by atoms with E-state index in [4.69, 9.17) is 0 Å². The number of rotatable bonds is 2. The summed E-state index contributed by atoms with van der Waals surface area (Å²) in [6.07, 6.45) is 7.16. The molecule has 0 aliphatic rings. The van der Waals surface area contributed by atoms with E-state index in [0.717, 1.165) is 0 Å². The van der Waals surface area contributed by atoms with E-state index in [1.807, 2.05) is 0 Å². The molecule has 6 nitrogen and oxygen atoms in total. The van der Waals surface area contributed by atoms with Gasteiger partial charge in [-0.15, -0.1) is 0 Å². The van der Waals surface area contributed by atoms with Crippen molar-refractivity contribution in [1.29, 1.82) is 0 Å². The van der Waals surface area contributed by atoms with Crippen LogP contribution in [0.25, 0.3) is 0 Å². The Kier molecular flexibility index (Phi) is 3.16. The van der Waals surface area contributed by atoms with Gasteiger partial charge in [-0.25, -0.2) is 19.9 Å². The lowest BCUT2D eigenvalue weighted by atomic mass is 10.3. The van der Waals surface area contributed by atoms with Crippen molar-refractivity contribution < 1.29 is 4.79 Å². The fourth-order valence-electron chi connectivity index (χ4n) is 0.982. The average Bonchev–Trinajstić information content (AvgIpc) is 2.33. The van der Waals surface area contributed by atoms with Crippen LogP contribution in [-0.2, 0) is 0 Å². The molecule has 16 heavy (non-hydrogen) atoms. The van der Waals surface area contributed by atoms with Crippen LogP contribution in [0.5, 0.6) is 0 Å². The Morgan fingerprint density at radius 1 is 1.12 bits per heavy atom. The summed E-state index contributed by atoms with van der Waals surface area (Å²) in [5, 5.41) is 2.57. The molecule has 0 aliphatic heterocycles. The molecule has 0 spiro atoms. The highest BCUT2D eigenvalue weighted by atomic mass is 79.9. The third-order valence-electron chi connectivity index (χ3n) is 1.68. The van der Waals surface area contributed by atoms with Crippen LogP contribution in [0.2, 0.25) is 0 Å². The third-order valence-corrected chi connectivity index (χ3v) is 2.09. The summed E-state index contributed by atoms with van der Waals surface area (Å²) in [6, 6.07) is 0. The summed E-state index contributed by atoms with van der Waals surface area (Å²) in [6.45, 7) is 0. The van der Waals surface area contributed by atoms with Crippen molar-refractivity contribution in [3.63, 3.8) is 0 Å². The second-order valence-corrected chi connectivity index (χ2v) is 3.62. The van der Waals surface area contributed by atoms with Gasteiger partial charge in [0.25, 0.3) is 5.91 Å². The molecule has 0 unspecified atom stereocenters. The molecule has 2 heterocycles. The van der Waals surface area contributed by atoms with Crippen molar-refractivity contribution in [2.45, 2.75) is 0 Å². The van der Waals surface area contributed by atoms with E-state index >= 15 is 0 Å². The summed E-state index contributed by atoms with van der Waals surface area (Å²) in [5.41, 5.74) is 0.368. The van der Waals surface area contributed by atoms with Gasteiger partial charge in [0, 0.05) is 12.4 Å². The molecule has 1 N–H and O–H groups in total. The average molecular weight is 280 g/mol. The molecule has 2 rings (SSSR count). The van der Waals surface area contributed by atoms with E-state index in [-0.39, 0.29) is 5.91 Å². The fraction of sp³-hybridized carbons (Fsp3) is 0. The summed E-state index contributed by atoms with van der Waals surface area (Å²) in [7, 11) is 0. The third kappa shape index (κ3) is 2.57. The molecule has 80 valence electrons. The standard InChI is InChI=1S/C9H6BrN5O/c10-7-3-14-8(4-13-7)15-9(16)6-1-11-5-12-2-6/h1-5H,(H,14,15,16). The maximum atomic E-state index is 11.6. The highest BCUT2D eigenvalue weighted by molar-refractivity contribution is 9.10. The number of nitrogens with zero attached hydrogens (tertiary/aromatic N) is 4. The van der Waals surface area contributed by atoms with Gasteiger partial charge in [0.15, 0.2) is 5.82 Å². The number of hydrogen-bond donors (Lipinski definition) is 1. The van der Waals surface area contributed by atoms with Crippen LogP contribution in [0.4, 0.5) is 5.82 Å². The molecule has 0 aliphatic carbocycles. The van der Waals surface area contributed by atoms with Crippen LogP contribution >= 0.6 is 15.9 Å². The van der Waals surface area contributed by atoms with Crippen molar-refractivity contribution in [2.75, 3.05) is 5.32 Å². The van der Waals surface area contributed by atoms with Crippen molar-refractivity contribution in [1.82, 2.24) is 19.9 Å². The minimum absolute atomic E-state index is 0.322. The summed E-state index contributed by atoms with van der Waals surface area (Å²) in [5.74, 6) is 0.0503. The van der Waals surface area contributed by atoms with Crippen LogP contribution in [0.1, 0.15) is 10.4 Å². The summed E-state index contributed by atoms with van der Waals surface area (Å²) in [4.78, 5) is 27.0. The van der Waals surface area contributed by atoms with Gasteiger partial charge in [-0.05, 0) is 15.9 Å². The monoisotopic (exact) mass is 279 g/mol. The van der Waals surface area contributed by atoms with Gasteiger partial charge < -0.3 is 5.32 Å². The van der Waals surface area contributed by atoms with E-state index in [0.29, 0.717) is 16.0 Å². The van der Waals surface area contributed by atoms with Gasteiger partial charge in [0.1, 0.15) is 10.9 Å². The smallest absolute Gasteiger partial charge is 0.259 e. The second-order valence-electron chi connectivity index (χ2n) is 2.81. The van der Waals surface area contributed by atoms with Gasteiger partial charge in [-0.1, -0.05) is 0 Å². The second kappa shape index (κ2) is 4.75. The Bertz CT molecular complexity index is 487. The molecule has 0 saturated carbocycles. The Hall–Kier alpha value is -1.89. The molecular weight excluding hydrogens is 274 g/mol. The van der Waals surface area contributed by atoms with Crippen molar-refractivity contribution in [3.05, 3.63) is 41.3 Å². The number of hydrogen-bond acceptors (Lipinski definition) is 5. The van der Waals surface area contributed by atoms with Crippen molar-refractivity contribution in [3.8, 4) is 0 Å². The van der Waals surface area contributed by atoms with Crippen molar-refractivity contribution in [2.24, 2.45) is 0 Å². The largest absolute Gasteiger partial charge is 0.305 e. The van der Waals surface area contributed by atoms with Crippen LogP contribution in [0.3, 0.4) is 0 Å². The Labute approximate surface area is 99.3 Å². The number of amides is 1. The van der Waals surface area contributed by atoms with E-state index in [2.05, 4.69) is 41.2 Å². The van der Waals surface area contributed by atoms with Gasteiger partial charge in [0.05, 0.1) is 18.0 Å². The molecule has 0 aromatic carbocycles. The minimum Gasteiger partial charge on any atom is -0.305 e. The van der Waals surface area contributed by atoms with E-state index < -0.39 is 0 Å². The lowest BCUT2D eigenvalue weighted by Gasteiger charge is -2.02. The molecular formula is C9H6BrN5O. The zero-order valence-corrected chi connectivity index (χ0v) is 9.55. The normalized spacial score (nSPS) is 9.81. The zero-order valence-electron chi connectivity index (χ0n) is 7.96. The summed E-state index contributed by atoms with van der Waals surface area (Å²) < 4.78 is 0.605. The quantitative estimate of drug-likeness (QED) is 0.896. The Morgan fingerprint density at radius 3 is 2.50 bits per heavy atom. The lowest BCUT2D eigenvalue weighted by Crippen LogP contribution is -2.13. The molecule has 2 aromatic rings. The maximum Gasteiger partial charge on any atom is 0.259 e. The predicted octanol–water partition coefficient (Wildman–Crippen LogP) is 1.28. The molecule has 2 aromatic heterocycles. The van der Waals surface area contributed by atoms with Gasteiger partial charge in [-0.2, -0.15) is 0 Å². The molecule has 7 heteroatoms. The van der Waals surface area contributed by atoms with Crippen LogP contribution in [0, 0.1) is 0 Å². The Balaban J connectivity index is 2.11. The predicted molar refractivity (Wildman–Crippen MR) is 59.7 cm³/mol. The first-order valence-electron chi connectivity index (χ1n) is 4.29. The van der Waals surface area contributed by atoms with E-state index in [1.165, 1.54) is 31.1 Å². The van der Waals surface area contributed by atoms with Gasteiger partial charge in [0.2, 0.25) is 0 Å². The zero-order chi connectivity index (χ0) is 11.4. The van der Waals surface area contributed by atoms with E-state index in [1.54, 1.807) is 0 Å². The molecule has 1 amide bonds. The first-order valence-corrected chi connectivity index (χ1v) is 5.09. The number of carbonyl (C=O) groups is 1. The first-order chi connectivity index (χ1) is 7.75. The highest BCUT2D eigenvalue weighted by Crippen LogP contribution is 2.07. The molecule has 0 radical (unpaired) electrons. The number of aromatic nitrogens is 4. The maximum absolute atomic E-state index is 11.6. The first kappa shape index (κ1) is 10.6. The number of carbonyl (C=O) groups excluding carboxylic acids is 1. The SMILES string of the molecule is O=C(Nc1cnc(Br)cn1)c1cncnc1. The lowest BCUT2D eigenvalue weighted by molar-refractivity contribution is 0.102. The van der Waals surface area contributed by atoms with Gasteiger partial charge in [-0.3, -0.25) is 4.79 Å². The number of nitrogens with one attached hydrogen (secondary N) is 1. The van der Waals surface area contributed by atoms with Crippen LogP contribution in [0.15, 0.2) is 35.7 Å². The highest BCUT2D eigenvalue weighted by Gasteiger charge is 2.06. The molecule has 0 bridgehead atoms.